The molecule has 1 unspecified atom stereocenters. The summed E-state index contributed by atoms with van der Waals surface area (Å²) in [6.45, 7) is 1.65. The van der Waals surface area contributed by atoms with Crippen LogP contribution >= 0.6 is 0 Å². The van der Waals surface area contributed by atoms with Gasteiger partial charge in [0.25, 0.3) is 5.56 Å². The van der Waals surface area contributed by atoms with Crippen LogP contribution in [0.4, 0.5) is 13.2 Å². The van der Waals surface area contributed by atoms with Crippen molar-refractivity contribution in [2.75, 3.05) is 0 Å². The minimum absolute atomic E-state index is 0.0263. The zero-order valence-electron chi connectivity index (χ0n) is 12.9. The van der Waals surface area contributed by atoms with Gasteiger partial charge in [0.1, 0.15) is 17.4 Å². The lowest BCUT2D eigenvalue weighted by Gasteiger charge is -2.26. The van der Waals surface area contributed by atoms with Gasteiger partial charge in [0.2, 0.25) is 5.88 Å². The number of H-pyrrole nitrogens is 1. The van der Waals surface area contributed by atoms with Crippen LogP contribution in [0.5, 0.6) is 5.75 Å². The Labute approximate surface area is 140 Å². The van der Waals surface area contributed by atoms with Crippen molar-refractivity contribution < 1.29 is 17.9 Å². The van der Waals surface area contributed by atoms with Crippen molar-refractivity contribution in [3.8, 4) is 11.8 Å². The summed E-state index contributed by atoms with van der Waals surface area (Å²) < 4.78 is 43.6. The highest BCUT2D eigenvalue weighted by molar-refractivity contribution is 5.55. The molecule has 0 fully saturated rings. The number of allylic oxidation sites excluding steroid dienone is 1. The summed E-state index contributed by atoms with van der Waals surface area (Å²) >= 11 is 0. The van der Waals surface area contributed by atoms with Gasteiger partial charge in [-0.1, -0.05) is 12.1 Å². The summed E-state index contributed by atoms with van der Waals surface area (Å²) in [5.74, 6) is -0.895. The molecule has 1 atom stereocenters. The van der Waals surface area contributed by atoms with Crippen molar-refractivity contribution in [2.24, 2.45) is 5.73 Å². The van der Waals surface area contributed by atoms with E-state index in [1.807, 2.05) is 6.07 Å². The Morgan fingerprint density at radius 3 is 2.48 bits per heavy atom. The van der Waals surface area contributed by atoms with Crippen LogP contribution in [0.15, 0.2) is 46.6 Å². The molecule has 0 saturated carbocycles. The molecule has 128 valence electrons. The Kier molecular flexibility index (Phi) is 3.80. The molecule has 1 aromatic heterocycles. The van der Waals surface area contributed by atoms with E-state index in [1.54, 1.807) is 13.0 Å². The fourth-order valence-electron chi connectivity index (χ4n) is 2.80. The highest BCUT2D eigenvalue weighted by atomic mass is 19.4. The van der Waals surface area contributed by atoms with Crippen LogP contribution < -0.4 is 16.0 Å². The van der Waals surface area contributed by atoms with Crippen molar-refractivity contribution in [1.82, 2.24) is 4.98 Å². The predicted octanol–water partition coefficient (Wildman–Crippen LogP) is 2.92. The quantitative estimate of drug-likeness (QED) is 0.830. The van der Waals surface area contributed by atoms with Gasteiger partial charge in [0.15, 0.2) is 0 Å². The van der Waals surface area contributed by atoms with Crippen molar-refractivity contribution in [1.29, 1.82) is 5.26 Å². The number of fused-ring (bicyclic) bond motifs is 1. The molecule has 0 amide bonds. The first-order valence-electron chi connectivity index (χ1n) is 7.21. The highest BCUT2D eigenvalue weighted by Gasteiger charge is 2.35. The number of nitrogens with one attached hydrogen (secondary N) is 1. The van der Waals surface area contributed by atoms with Crippen molar-refractivity contribution in [3.05, 3.63) is 74.5 Å². The fraction of sp³-hybridized carbons (Fsp3) is 0.176. The molecule has 2 heterocycles. The van der Waals surface area contributed by atoms with E-state index in [4.69, 9.17) is 10.5 Å². The normalized spacial score (nSPS) is 16.8. The summed E-state index contributed by atoms with van der Waals surface area (Å²) in [4.78, 5) is 15.0. The third-order valence-electron chi connectivity index (χ3n) is 3.92. The van der Waals surface area contributed by atoms with Crippen molar-refractivity contribution in [2.45, 2.75) is 19.0 Å². The van der Waals surface area contributed by atoms with E-state index in [0.29, 0.717) is 11.3 Å². The van der Waals surface area contributed by atoms with E-state index >= 15 is 0 Å². The number of hydrogen-bond donors (Lipinski definition) is 2. The first-order chi connectivity index (χ1) is 11.7. The van der Waals surface area contributed by atoms with Gasteiger partial charge in [-0.15, -0.1) is 0 Å². The van der Waals surface area contributed by atoms with E-state index in [9.17, 15) is 23.2 Å². The van der Waals surface area contributed by atoms with Crippen LogP contribution in [0, 0.1) is 18.3 Å². The molecule has 0 saturated heterocycles. The molecule has 0 bridgehead atoms. The zero-order valence-corrected chi connectivity index (χ0v) is 12.9. The van der Waals surface area contributed by atoms with Crippen LogP contribution in [0.25, 0.3) is 0 Å². The number of aromatic nitrogens is 1. The average molecular weight is 347 g/mol. The predicted molar refractivity (Wildman–Crippen MR) is 82.5 cm³/mol. The van der Waals surface area contributed by atoms with E-state index < -0.39 is 23.2 Å². The van der Waals surface area contributed by atoms with Gasteiger partial charge in [-0.2, -0.15) is 18.4 Å². The first-order valence-corrected chi connectivity index (χ1v) is 7.21. The maximum absolute atomic E-state index is 12.8. The lowest BCUT2D eigenvalue weighted by molar-refractivity contribution is -0.137. The average Bonchev–Trinajstić information content (AvgIpc) is 2.52. The molecule has 0 radical (unpaired) electrons. The summed E-state index contributed by atoms with van der Waals surface area (Å²) in [7, 11) is 0. The van der Waals surface area contributed by atoms with Crippen LogP contribution in [-0.2, 0) is 6.18 Å². The van der Waals surface area contributed by atoms with E-state index in [0.717, 1.165) is 12.1 Å². The van der Waals surface area contributed by atoms with Crippen LogP contribution in [0.2, 0.25) is 0 Å². The lowest BCUT2D eigenvalue weighted by Crippen LogP contribution is -2.28. The number of hydrogen-bond acceptors (Lipinski definition) is 4. The second-order valence-corrected chi connectivity index (χ2v) is 5.60. The van der Waals surface area contributed by atoms with E-state index in [2.05, 4.69) is 4.98 Å². The number of nitrogens with zero attached hydrogens (tertiary/aromatic N) is 1. The maximum Gasteiger partial charge on any atom is 0.416 e. The van der Waals surface area contributed by atoms with E-state index in [-0.39, 0.29) is 22.8 Å². The second kappa shape index (κ2) is 5.70. The van der Waals surface area contributed by atoms with Gasteiger partial charge in [-0.3, -0.25) is 4.79 Å². The highest BCUT2D eigenvalue weighted by Crippen LogP contribution is 2.40. The number of alkyl halides is 3. The topological polar surface area (TPSA) is 91.9 Å². The third-order valence-corrected chi connectivity index (χ3v) is 3.92. The van der Waals surface area contributed by atoms with Gasteiger partial charge in [0.05, 0.1) is 17.0 Å². The molecule has 1 aromatic carbocycles. The fourth-order valence-corrected chi connectivity index (χ4v) is 2.80. The maximum atomic E-state index is 12.8. The number of ether oxygens (including phenoxy) is 1. The molecule has 3 N–H and O–H groups in total. The first kappa shape index (κ1) is 16.6. The molecular weight excluding hydrogens is 335 g/mol. The number of nitriles is 1. The summed E-state index contributed by atoms with van der Waals surface area (Å²) in [5, 5.41) is 9.39. The van der Waals surface area contributed by atoms with Gasteiger partial charge < -0.3 is 15.5 Å². The summed E-state index contributed by atoms with van der Waals surface area (Å²) in [6, 6.07) is 7.69. The van der Waals surface area contributed by atoms with Crippen LogP contribution in [-0.4, -0.2) is 4.98 Å². The number of rotatable bonds is 1. The summed E-state index contributed by atoms with van der Waals surface area (Å²) in [6.07, 6.45) is -4.48. The SMILES string of the molecule is Cc1cc2c(c(=O)[nH]1)C(c1ccc(C(F)(F)F)cc1)C(C#N)=C(N)O2. The molecule has 0 spiro atoms. The van der Waals surface area contributed by atoms with Crippen molar-refractivity contribution in [3.63, 3.8) is 0 Å². The Morgan fingerprint density at radius 1 is 1.28 bits per heavy atom. The van der Waals surface area contributed by atoms with E-state index in [1.165, 1.54) is 12.1 Å². The molecule has 2 aromatic rings. The Bertz CT molecular complexity index is 967. The number of halogens is 3. The van der Waals surface area contributed by atoms with Crippen LogP contribution in [0.3, 0.4) is 0 Å². The number of nitrogens with two attached hydrogens (primary N) is 1. The monoisotopic (exact) mass is 347 g/mol. The van der Waals surface area contributed by atoms with Crippen LogP contribution in [0.1, 0.15) is 28.3 Å². The number of pyridine rings is 1. The molecule has 8 heteroatoms. The molecule has 5 nitrogen and oxygen atoms in total. The second-order valence-electron chi connectivity index (χ2n) is 5.60. The van der Waals surface area contributed by atoms with Gasteiger partial charge in [-0.25, -0.2) is 0 Å². The summed E-state index contributed by atoms with van der Waals surface area (Å²) in [5.41, 5.74) is 5.44. The van der Waals surface area contributed by atoms with Gasteiger partial charge in [0, 0.05) is 11.8 Å². The number of benzene rings is 1. The molecule has 1 aliphatic rings. The Morgan fingerprint density at radius 2 is 1.92 bits per heavy atom. The standard InChI is InChI=1S/C17H12F3N3O2/c1-8-6-12-14(16(24)23-8)13(11(7-21)15(22)25-12)9-2-4-10(5-3-9)17(18,19)20/h2-6,13H,22H2,1H3,(H,23,24). The smallest absolute Gasteiger partial charge is 0.416 e. The Balaban J connectivity index is 2.21. The number of aromatic amines is 1. The van der Waals surface area contributed by atoms with Crippen molar-refractivity contribution >= 4 is 0 Å². The Hall–Kier alpha value is -3.21. The lowest BCUT2D eigenvalue weighted by atomic mass is 9.84. The molecule has 1 aliphatic heterocycles. The largest absolute Gasteiger partial charge is 0.440 e. The molecule has 25 heavy (non-hydrogen) atoms. The minimum Gasteiger partial charge on any atom is -0.440 e. The third kappa shape index (κ3) is 2.85. The molecule has 3 rings (SSSR count). The van der Waals surface area contributed by atoms with Gasteiger partial charge >= 0.3 is 6.18 Å². The zero-order chi connectivity index (χ0) is 18.4. The molecular formula is C17H12F3N3O2. The number of aryl methyl sites for hydroxylation is 1. The molecule has 0 aliphatic carbocycles. The van der Waals surface area contributed by atoms with Gasteiger partial charge in [-0.05, 0) is 24.6 Å². The minimum atomic E-state index is -4.48.